The van der Waals surface area contributed by atoms with Crippen LogP contribution in [0.1, 0.15) is 25.0 Å². The van der Waals surface area contributed by atoms with E-state index in [4.69, 9.17) is 10.5 Å². The van der Waals surface area contributed by atoms with Crippen molar-refractivity contribution < 1.29 is 4.74 Å². The number of pyridine rings is 1. The molecule has 0 unspecified atom stereocenters. The quantitative estimate of drug-likeness (QED) is 0.734. The summed E-state index contributed by atoms with van der Waals surface area (Å²) >= 11 is 0. The molecule has 1 heterocycles. The topological polar surface area (TPSA) is 51.4 Å². The van der Waals surface area contributed by atoms with Crippen molar-refractivity contribution in [3.63, 3.8) is 0 Å². The lowest BCUT2D eigenvalue weighted by Crippen LogP contribution is -2.29. The summed E-state index contributed by atoms with van der Waals surface area (Å²) < 4.78 is 5.39. The third kappa shape index (κ3) is 3.68. The minimum Gasteiger partial charge on any atom is -0.380 e. The van der Waals surface area contributed by atoms with Crippen molar-refractivity contribution in [2.75, 3.05) is 31.2 Å². The monoisotopic (exact) mass is 237 g/mol. The number of nitrogens with zero attached hydrogens (tertiary/aromatic N) is 2. The van der Waals surface area contributed by atoms with Crippen LogP contribution in [0.2, 0.25) is 0 Å². The average Bonchev–Trinajstić information content (AvgIpc) is 2.34. The predicted molar refractivity (Wildman–Crippen MR) is 71.2 cm³/mol. The van der Waals surface area contributed by atoms with E-state index in [0.717, 1.165) is 37.7 Å². The molecule has 0 saturated carbocycles. The molecule has 0 saturated heterocycles. The average molecular weight is 237 g/mol. The molecule has 1 rings (SSSR count). The lowest BCUT2D eigenvalue weighted by Gasteiger charge is -2.24. The van der Waals surface area contributed by atoms with Gasteiger partial charge in [-0.2, -0.15) is 0 Å². The summed E-state index contributed by atoms with van der Waals surface area (Å²) in [7, 11) is 0. The summed E-state index contributed by atoms with van der Waals surface area (Å²) in [5, 5.41) is 0. The van der Waals surface area contributed by atoms with E-state index in [1.165, 1.54) is 5.56 Å². The van der Waals surface area contributed by atoms with Crippen molar-refractivity contribution in [3.8, 4) is 0 Å². The molecule has 4 heteroatoms. The summed E-state index contributed by atoms with van der Waals surface area (Å²) in [5.41, 5.74) is 8.13. The molecule has 0 aliphatic heterocycles. The third-order valence-electron chi connectivity index (χ3n) is 2.86. The molecule has 17 heavy (non-hydrogen) atoms. The molecule has 0 aliphatic rings. The highest BCUT2D eigenvalue weighted by Crippen LogP contribution is 2.19. The Hall–Kier alpha value is -1.13. The summed E-state index contributed by atoms with van der Waals surface area (Å²) in [6.07, 6.45) is 1.84. The van der Waals surface area contributed by atoms with E-state index in [2.05, 4.69) is 23.7 Å². The molecule has 0 amide bonds. The number of nitrogens with two attached hydrogens (primary N) is 1. The maximum atomic E-state index is 5.80. The Bertz CT molecular complexity index is 341. The third-order valence-corrected chi connectivity index (χ3v) is 2.86. The van der Waals surface area contributed by atoms with Gasteiger partial charge in [0.2, 0.25) is 0 Å². The summed E-state index contributed by atoms with van der Waals surface area (Å²) in [4.78, 5) is 6.66. The second-order valence-electron chi connectivity index (χ2n) is 3.91. The van der Waals surface area contributed by atoms with E-state index in [1.54, 1.807) is 0 Å². The van der Waals surface area contributed by atoms with Crippen molar-refractivity contribution >= 4 is 5.82 Å². The normalized spacial score (nSPS) is 10.6. The van der Waals surface area contributed by atoms with Gasteiger partial charge in [-0.05, 0) is 32.4 Å². The fraction of sp³-hybridized carbons (Fsp3) is 0.615. The molecule has 0 spiro atoms. The minimum absolute atomic E-state index is 0.528. The molecule has 0 fully saturated rings. The van der Waals surface area contributed by atoms with Gasteiger partial charge in [-0.25, -0.2) is 4.98 Å². The van der Waals surface area contributed by atoms with Gasteiger partial charge in [-0.15, -0.1) is 0 Å². The zero-order chi connectivity index (χ0) is 12.7. The van der Waals surface area contributed by atoms with E-state index < -0.39 is 0 Å². The van der Waals surface area contributed by atoms with Crippen molar-refractivity contribution in [1.29, 1.82) is 0 Å². The second-order valence-corrected chi connectivity index (χ2v) is 3.91. The van der Waals surface area contributed by atoms with Crippen LogP contribution < -0.4 is 10.6 Å². The SMILES string of the molecule is CCOCCN(CC)c1nccc(C)c1CN. The zero-order valence-electron chi connectivity index (χ0n) is 11.1. The van der Waals surface area contributed by atoms with E-state index in [-0.39, 0.29) is 0 Å². The number of ether oxygens (including phenoxy) is 1. The number of likely N-dealkylation sites (N-methyl/N-ethyl adjacent to an activating group) is 1. The van der Waals surface area contributed by atoms with Crippen LogP contribution in [0.4, 0.5) is 5.82 Å². The standard InChI is InChI=1S/C13H23N3O/c1-4-16(8-9-17-5-2)13-12(10-14)11(3)6-7-15-13/h6-7H,4-5,8-10,14H2,1-3H3. The van der Waals surface area contributed by atoms with E-state index in [1.807, 2.05) is 19.2 Å². The lowest BCUT2D eigenvalue weighted by atomic mass is 10.1. The Labute approximate surface area is 104 Å². The van der Waals surface area contributed by atoms with Gasteiger partial charge >= 0.3 is 0 Å². The lowest BCUT2D eigenvalue weighted by molar-refractivity contribution is 0.154. The van der Waals surface area contributed by atoms with Crippen LogP contribution in [0.25, 0.3) is 0 Å². The first-order valence-electron chi connectivity index (χ1n) is 6.21. The first-order valence-corrected chi connectivity index (χ1v) is 6.21. The van der Waals surface area contributed by atoms with Gasteiger partial charge in [-0.1, -0.05) is 0 Å². The first kappa shape index (κ1) is 13.9. The van der Waals surface area contributed by atoms with Crippen molar-refractivity contribution in [2.45, 2.75) is 27.3 Å². The minimum atomic E-state index is 0.528. The van der Waals surface area contributed by atoms with Gasteiger partial charge < -0.3 is 15.4 Å². The van der Waals surface area contributed by atoms with Crippen molar-refractivity contribution in [1.82, 2.24) is 4.98 Å². The molecular weight excluding hydrogens is 214 g/mol. The smallest absolute Gasteiger partial charge is 0.133 e. The van der Waals surface area contributed by atoms with E-state index in [9.17, 15) is 0 Å². The molecule has 0 aliphatic carbocycles. The Kier molecular flexibility index (Phi) is 5.94. The number of anilines is 1. The number of hydrogen-bond donors (Lipinski definition) is 1. The summed E-state index contributed by atoms with van der Waals surface area (Å²) in [6.45, 7) is 9.98. The van der Waals surface area contributed by atoms with Crippen LogP contribution >= 0.6 is 0 Å². The molecule has 2 N–H and O–H groups in total. The van der Waals surface area contributed by atoms with Gasteiger partial charge in [0.15, 0.2) is 0 Å². The first-order chi connectivity index (χ1) is 8.24. The van der Waals surface area contributed by atoms with E-state index >= 15 is 0 Å². The van der Waals surface area contributed by atoms with Gasteiger partial charge in [0, 0.05) is 38.0 Å². The highest BCUT2D eigenvalue weighted by atomic mass is 16.5. The maximum absolute atomic E-state index is 5.80. The second kappa shape index (κ2) is 7.25. The highest BCUT2D eigenvalue weighted by Gasteiger charge is 2.11. The molecule has 4 nitrogen and oxygen atoms in total. The molecule has 0 radical (unpaired) electrons. The number of hydrogen-bond acceptors (Lipinski definition) is 4. The van der Waals surface area contributed by atoms with Crippen LogP contribution in [0.3, 0.4) is 0 Å². The number of aryl methyl sites for hydroxylation is 1. The molecule has 96 valence electrons. The largest absolute Gasteiger partial charge is 0.380 e. The number of rotatable bonds is 7. The summed E-state index contributed by atoms with van der Waals surface area (Å²) in [5.74, 6) is 0.995. The van der Waals surface area contributed by atoms with Crippen molar-refractivity contribution in [2.24, 2.45) is 5.73 Å². The Morgan fingerprint density at radius 2 is 2.18 bits per heavy atom. The molecule has 0 atom stereocenters. The molecule has 1 aromatic rings. The van der Waals surface area contributed by atoms with Crippen LogP contribution in [0.15, 0.2) is 12.3 Å². The van der Waals surface area contributed by atoms with E-state index in [0.29, 0.717) is 6.54 Å². The maximum Gasteiger partial charge on any atom is 0.133 e. The molecule has 0 bridgehead atoms. The highest BCUT2D eigenvalue weighted by molar-refractivity contribution is 5.50. The Morgan fingerprint density at radius 3 is 2.76 bits per heavy atom. The fourth-order valence-corrected chi connectivity index (χ4v) is 1.83. The molecular formula is C13H23N3O. The van der Waals surface area contributed by atoms with Crippen LogP contribution in [0, 0.1) is 6.92 Å². The zero-order valence-corrected chi connectivity index (χ0v) is 11.1. The summed E-state index contributed by atoms with van der Waals surface area (Å²) in [6, 6.07) is 2.00. The Balaban J connectivity index is 2.83. The number of aromatic nitrogens is 1. The van der Waals surface area contributed by atoms with Gasteiger partial charge in [-0.3, -0.25) is 0 Å². The van der Waals surface area contributed by atoms with Gasteiger partial charge in [0.05, 0.1) is 6.61 Å². The van der Waals surface area contributed by atoms with Crippen LogP contribution in [0.5, 0.6) is 0 Å². The Morgan fingerprint density at radius 1 is 1.41 bits per heavy atom. The molecule has 1 aromatic heterocycles. The van der Waals surface area contributed by atoms with Gasteiger partial charge in [0.1, 0.15) is 5.82 Å². The van der Waals surface area contributed by atoms with Crippen molar-refractivity contribution in [3.05, 3.63) is 23.4 Å². The van der Waals surface area contributed by atoms with Crippen LogP contribution in [-0.4, -0.2) is 31.3 Å². The predicted octanol–water partition coefficient (Wildman–Crippen LogP) is 1.71. The molecule has 0 aromatic carbocycles. The fourth-order valence-electron chi connectivity index (χ4n) is 1.83. The van der Waals surface area contributed by atoms with Gasteiger partial charge in [0.25, 0.3) is 0 Å². The van der Waals surface area contributed by atoms with Crippen LogP contribution in [-0.2, 0) is 11.3 Å².